The van der Waals surface area contributed by atoms with Crippen LogP contribution in [0.2, 0.25) is 14.4 Å². The van der Waals surface area contributed by atoms with Crippen molar-refractivity contribution in [2.24, 2.45) is 0 Å². The second-order valence-corrected chi connectivity index (χ2v) is 14.2. The standard InChI is InChI=1S/C22H17BrCl3F3N2O3S3/c1-31-8-7-12(10-31)34-15-9-11(5-6-13(15)22(27,28)29)30-37(32,33)19-17(23)21(36-20(19)26)35-16-4-2-3-14(24)18(16)25/h2-6,9,12,30H,7-8,10H2,1H3. The molecule has 0 radical (unpaired) electrons. The summed E-state index contributed by atoms with van der Waals surface area (Å²) < 4.78 is 75.9. The maximum Gasteiger partial charge on any atom is 0.419 e. The minimum atomic E-state index is -4.68. The Hall–Kier alpha value is -0.860. The number of likely N-dealkylation sites (N-methyl/N-ethyl adjacent to an activating group) is 1. The zero-order chi connectivity index (χ0) is 27.1. The van der Waals surface area contributed by atoms with E-state index in [-0.39, 0.29) is 19.4 Å². The van der Waals surface area contributed by atoms with Crippen molar-refractivity contribution in [1.82, 2.24) is 4.90 Å². The second kappa shape index (κ2) is 11.3. The Bertz CT molecular complexity index is 1440. The number of rotatable bonds is 7. The van der Waals surface area contributed by atoms with Crippen LogP contribution in [0.25, 0.3) is 0 Å². The third kappa shape index (κ3) is 6.66. The fourth-order valence-electron chi connectivity index (χ4n) is 3.60. The van der Waals surface area contributed by atoms with Crippen LogP contribution in [0.3, 0.4) is 0 Å². The van der Waals surface area contributed by atoms with Gasteiger partial charge in [0.2, 0.25) is 0 Å². The fraction of sp³-hybridized carbons (Fsp3) is 0.273. The molecule has 2 heterocycles. The molecule has 200 valence electrons. The molecule has 1 aromatic heterocycles. The Morgan fingerprint density at radius 2 is 1.95 bits per heavy atom. The number of ether oxygens (including phenoxy) is 1. The summed E-state index contributed by atoms with van der Waals surface area (Å²) in [4.78, 5) is 2.28. The van der Waals surface area contributed by atoms with E-state index in [2.05, 4.69) is 20.7 Å². The van der Waals surface area contributed by atoms with Gasteiger partial charge in [0.25, 0.3) is 10.0 Å². The van der Waals surface area contributed by atoms with Crippen LogP contribution in [-0.4, -0.2) is 39.6 Å². The van der Waals surface area contributed by atoms with Crippen LogP contribution in [0.4, 0.5) is 18.9 Å². The topological polar surface area (TPSA) is 58.6 Å². The van der Waals surface area contributed by atoms with Crippen LogP contribution in [0.5, 0.6) is 5.75 Å². The highest BCUT2D eigenvalue weighted by atomic mass is 79.9. The molecule has 0 aliphatic carbocycles. The lowest BCUT2D eigenvalue weighted by molar-refractivity contribution is -0.139. The van der Waals surface area contributed by atoms with E-state index < -0.39 is 33.6 Å². The third-order valence-corrected chi connectivity index (χ3v) is 12.2. The number of benzene rings is 2. The average molecular weight is 697 g/mol. The van der Waals surface area contributed by atoms with Crippen molar-refractivity contribution in [3.63, 3.8) is 0 Å². The van der Waals surface area contributed by atoms with Gasteiger partial charge in [-0.25, -0.2) is 8.42 Å². The quantitative estimate of drug-likeness (QED) is 0.269. The SMILES string of the molecule is CN1CCC(Oc2cc(NS(=O)(=O)c3c(Cl)sc(Sc4cccc(Cl)c4Cl)c3Br)ccc2C(F)(F)F)C1. The van der Waals surface area contributed by atoms with E-state index in [1.807, 2.05) is 11.9 Å². The van der Waals surface area contributed by atoms with Crippen molar-refractivity contribution in [2.45, 2.75) is 32.7 Å². The number of hydrogen-bond acceptors (Lipinski definition) is 6. The molecule has 1 atom stereocenters. The van der Waals surface area contributed by atoms with Gasteiger partial charge in [-0.3, -0.25) is 4.72 Å². The molecule has 5 nitrogen and oxygen atoms in total. The largest absolute Gasteiger partial charge is 0.488 e. The molecule has 0 spiro atoms. The Morgan fingerprint density at radius 3 is 2.59 bits per heavy atom. The molecule has 1 aliphatic rings. The molecule has 1 N–H and O–H groups in total. The van der Waals surface area contributed by atoms with Gasteiger partial charge in [0.15, 0.2) is 0 Å². The fourth-order valence-corrected chi connectivity index (χ4v) is 10.1. The van der Waals surface area contributed by atoms with Gasteiger partial charge in [-0.2, -0.15) is 13.2 Å². The summed E-state index contributed by atoms with van der Waals surface area (Å²) in [5, 5.41) is 0.642. The van der Waals surface area contributed by atoms with Crippen LogP contribution in [0, 0.1) is 0 Å². The lowest BCUT2D eigenvalue weighted by Crippen LogP contribution is -2.23. The summed E-state index contributed by atoms with van der Waals surface area (Å²) in [6.07, 6.45) is -4.57. The first-order valence-corrected chi connectivity index (χ1v) is 15.5. The summed E-state index contributed by atoms with van der Waals surface area (Å²) in [6.45, 7) is 1.14. The Balaban J connectivity index is 1.63. The highest BCUT2D eigenvalue weighted by Gasteiger charge is 2.36. The average Bonchev–Trinajstić information content (AvgIpc) is 3.32. The molecule has 0 amide bonds. The molecule has 4 rings (SSSR count). The van der Waals surface area contributed by atoms with Crippen LogP contribution in [0.1, 0.15) is 12.0 Å². The van der Waals surface area contributed by atoms with E-state index in [1.54, 1.807) is 18.2 Å². The number of likely N-dealkylation sites (tertiary alicyclic amines) is 1. The molecule has 1 unspecified atom stereocenters. The number of nitrogens with zero attached hydrogens (tertiary/aromatic N) is 1. The van der Waals surface area contributed by atoms with Crippen molar-refractivity contribution in [3.05, 3.63) is 60.8 Å². The van der Waals surface area contributed by atoms with Gasteiger partial charge in [0, 0.05) is 24.1 Å². The third-order valence-electron chi connectivity index (χ3n) is 5.31. The van der Waals surface area contributed by atoms with Crippen LogP contribution < -0.4 is 9.46 Å². The Kier molecular flexibility index (Phi) is 8.92. The number of sulfonamides is 1. The molecular formula is C22H17BrCl3F3N2O3S3. The number of hydrogen-bond donors (Lipinski definition) is 1. The molecule has 3 aromatic rings. The van der Waals surface area contributed by atoms with Crippen LogP contribution in [0.15, 0.2) is 54.9 Å². The first-order valence-electron chi connectivity index (χ1n) is 10.4. The van der Waals surface area contributed by atoms with Crippen molar-refractivity contribution < 1.29 is 26.3 Å². The van der Waals surface area contributed by atoms with Crippen molar-refractivity contribution >= 4 is 89.5 Å². The highest BCUT2D eigenvalue weighted by Crippen LogP contribution is 2.49. The van der Waals surface area contributed by atoms with E-state index in [0.717, 1.165) is 29.5 Å². The van der Waals surface area contributed by atoms with Gasteiger partial charge in [-0.05, 0) is 53.7 Å². The number of alkyl halides is 3. The molecule has 1 saturated heterocycles. The zero-order valence-electron chi connectivity index (χ0n) is 18.7. The molecule has 1 fully saturated rings. The van der Waals surface area contributed by atoms with Gasteiger partial charge < -0.3 is 9.64 Å². The molecule has 15 heteroatoms. The Labute approximate surface area is 243 Å². The summed E-state index contributed by atoms with van der Waals surface area (Å²) >= 11 is 24.1. The smallest absolute Gasteiger partial charge is 0.419 e. The van der Waals surface area contributed by atoms with E-state index in [0.29, 0.717) is 38.7 Å². The van der Waals surface area contributed by atoms with Crippen molar-refractivity contribution in [1.29, 1.82) is 0 Å². The van der Waals surface area contributed by atoms with Crippen LogP contribution in [-0.2, 0) is 16.2 Å². The van der Waals surface area contributed by atoms with E-state index >= 15 is 0 Å². The van der Waals surface area contributed by atoms with Crippen molar-refractivity contribution in [3.8, 4) is 5.75 Å². The molecule has 0 saturated carbocycles. The van der Waals surface area contributed by atoms with Gasteiger partial charge in [-0.15, -0.1) is 11.3 Å². The van der Waals surface area contributed by atoms with E-state index in [9.17, 15) is 21.6 Å². The molecule has 37 heavy (non-hydrogen) atoms. The van der Waals surface area contributed by atoms with Crippen molar-refractivity contribution in [2.75, 3.05) is 24.9 Å². The number of thiophene rings is 1. The minimum absolute atomic E-state index is 0.0441. The number of halogens is 7. The predicted molar refractivity (Wildman–Crippen MR) is 146 cm³/mol. The second-order valence-electron chi connectivity index (χ2n) is 8.07. The van der Waals surface area contributed by atoms with Gasteiger partial charge in [-0.1, -0.05) is 52.6 Å². The summed E-state index contributed by atoms with van der Waals surface area (Å²) in [5.41, 5.74) is -1.09. The highest BCUT2D eigenvalue weighted by molar-refractivity contribution is 9.10. The first-order chi connectivity index (χ1) is 17.3. The molecule has 1 aliphatic heterocycles. The lowest BCUT2D eigenvalue weighted by Gasteiger charge is -2.19. The number of nitrogens with one attached hydrogen (secondary N) is 1. The molecule has 0 bridgehead atoms. The van der Waals surface area contributed by atoms with Gasteiger partial charge >= 0.3 is 6.18 Å². The predicted octanol–water partition coefficient (Wildman–Crippen LogP) is 8.52. The minimum Gasteiger partial charge on any atom is -0.488 e. The Morgan fingerprint density at radius 1 is 1.22 bits per heavy atom. The lowest BCUT2D eigenvalue weighted by atomic mass is 10.1. The monoisotopic (exact) mass is 694 g/mol. The van der Waals surface area contributed by atoms with E-state index in [4.69, 9.17) is 39.5 Å². The van der Waals surface area contributed by atoms with Crippen LogP contribution >= 0.6 is 73.8 Å². The summed E-state index contributed by atoms with van der Waals surface area (Å²) in [6, 6.07) is 7.90. The van der Waals surface area contributed by atoms with Gasteiger partial charge in [0.1, 0.15) is 21.1 Å². The number of anilines is 1. The normalized spacial score (nSPS) is 16.8. The first kappa shape index (κ1) is 29.1. The van der Waals surface area contributed by atoms with E-state index in [1.165, 1.54) is 11.8 Å². The summed E-state index contributed by atoms with van der Waals surface area (Å²) in [7, 11) is -2.46. The maximum absolute atomic E-state index is 13.6. The molecule has 2 aromatic carbocycles. The molecular weight excluding hydrogens is 680 g/mol. The summed E-state index contributed by atoms with van der Waals surface area (Å²) in [5.74, 6) is -0.449. The maximum atomic E-state index is 13.6. The zero-order valence-corrected chi connectivity index (χ0v) is 25.0. The van der Waals surface area contributed by atoms with Gasteiger partial charge in [0.05, 0.1) is 30.0 Å².